The number of nitrogens with zero attached hydrogens (tertiary/aromatic N) is 2. The van der Waals surface area contributed by atoms with Crippen molar-refractivity contribution in [1.82, 2.24) is 4.98 Å². The quantitative estimate of drug-likeness (QED) is 0.908. The monoisotopic (exact) mass is 268 g/mol. The molecular weight excluding hydrogens is 248 g/mol. The van der Waals surface area contributed by atoms with Crippen LogP contribution in [-0.4, -0.2) is 36.4 Å². The van der Waals surface area contributed by atoms with Crippen molar-refractivity contribution in [2.75, 3.05) is 25.1 Å². The first-order valence-electron chi connectivity index (χ1n) is 6.70. The average molecular weight is 268 g/mol. The highest BCUT2D eigenvalue weighted by Crippen LogP contribution is 2.44. The molecule has 2 heterocycles. The van der Waals surface area contributed by atoms with Gasteiger partial charge in [0.05, 0.1) is 23.3 Å². The maximum absolute atomic E-state index is 9.43. The van der Waals surface area contributed by atoms with E-state index in [1.807, 2.05) is 0 Å². The molecule has 2 aliphatic rings. The second-order valence-electron chi connectivity index (χ2n) is 5.18. The molecule has 0 aromatic carbocycles. The van der Waals surface area contributed by atoms with Crippen LogP contribution in [0.15, 0.2) is 0 Å². The van der Waals surface area contributed by atoms with E-state index in [1.165, 1.54) is 12.8 Å². The second-order valence-corrected chi connectivity index (χ2v) is 6.25. The highest BCUT2D eigenvalue weighted by atomic mass is 32.1. The number of methoxy groups -OCH3 is 1. The summed E-state index contributed by atoms with van der Waals surface area (Å²) in [7, 11) is 1.78. The van der Waals surface area contributed by atoms with E-state index in [4.69, 9.17) is 9.72 Å². The normalized spacial score (nSPS) is 24.6. The van der Waals surface area contributed by atoms with E-state index >= 15 is 0 Å². The number of rotatable bonds is 4. The van der Waals surface area contributed by atoms with Crippen LogP contribution in [0.2, 0.25) is 0 Å². The fourth-order valence-electron chi connectivity index (χ4n) is 2.58. The van der Waals surface area contributed by atoms with Gasteiger partial charge in [0.1, 0.15) is 0 Å². The van der Waals surface area contributed by atoms with Crippen LogP contribution >= 0.6 is 11.3 Å². The van der Waals surface area contributed by atoms with E-state index in [0.29, 0.717) is 12.0 Å². The third-order valence-corrected chi connectivity index (χ3v) is 4.92. The second kappa shape index (κ2) is 5.15. The van der Waals surface area contributed by atoms with Gasteiger partial charge in [0, 0.05) is 26.1 Å². The maximum atomic E-state index is 9.43. The van der Waals surface area contributed by atoms with E-state index in [1.54, 1.807) is 18.4 Å². The number of ether oxygens (including phenoxy) is 1. The molecule has 1 aromatic heterocycles. The molecular formula is C13H20N2O2S. The third-order valence-electron chi connectivity index (χ3n) is 3.81. The molecule has 5 heteroatoms. The van der Waals surface area contributed by atoms with Crippen LogP contribution in [0.4, 0.5) is 5.13 Å². The van der Waals surface area contributed by atoms with Crippen molar-refractivity contribution in [1.29, 1.82) is 0 Å². The van der Waals surface area contributed by atoms with Crippen LogP contribution in [0, 0.1) is 0 Å². The fraction of sp³-hybridized carbons (Fsp3) is 0.769. The van der Waals surface area contributed by atoms with E-state index in [9.17, 15) is 5.11 Å². The lowest BCUT2D eigenvalue weighted by molar-refractivity contribution is 0.0893. The van der Waals surface area contributed by atoms with E-state index in [2.05, 4.69) is 4.90 Å². The fourth-order valence-corrected chi connectivity index (χ4v) is 3.62. The Labute approximate surface area is 112 Å². The minimum absolute atomic E-state index is 0.130. The zero-order chi connectivity index (χ0) is 12.5. The molecule has 1 saturated heterocycles. The predicted octanol–water partition coefficient (Wildman–Crippen LogP) is 2.13. The van der Waals surface area contributed by atoms with Crippen LogP contribution < -0.4 is 4.90 Å². The van der Waals surface area contributed by atoms with Gasteiger partial charge in [0.25, 0.3) is 0 Å². The number of thiazole rings is 1. The van der Waals surface area contributed by atoms with Gasteiger partial charge < -0.3 is 14.7 Å². The van der Waals surface area contributed by atoms with Crippen molar-refractivity contribution in [3.05, 3.63) is 10.6 Å². The predicted molar refractivity (Wildman–Crippen MR) is 72.3 cm³/mol. The van der Waals surface area contributed by atoms with Crippen LogP contribution in [0.5, 0.6) is 0 Å². The smallest absolute Gasteiger partial charge is 0.185 e. The van der Waals surface area contributed by atoms with Crippen LogP contribution in [0.1, 0.15) is 42.2 Å². The largest absolute Gasteiger partial charge is 0.391 e. The van der Waals surface area contributed by atoms with Gasteiger partial charge in [0.15, 0.2) is 5.13 Å². The number of aliphatic hydroxyl groups is 1. The van der Waals surface area contributed by atoms with Crippen molar-refractivity contribution in [2.24, 2.45) is 0 Å². The molecule has 1 atom stereocenters. The van der Waals surface area contributed by atoms with Gasteiger partial charge in [-0.15, -0.1) is 0 Å². The third kappa shape index (κ3) is 2.39. The molecule has 0 radical (unpaired) electrons. The standard InChI is InChI=1S/C13H20N2O2S/c1-17-10-3-2-6-15(7-10)13-14-12(9-4-5-9)11(8-16)18-13/h9-10,16H,2-8H2,1H3. The number of aliphatic hydroxyl groups excluding tert-OH is 1. The lowest BCUT2D eigenvalue weighted by Crippen LogP contribution is -2.39. The molecule has 18 heavy (non-hydrogen) atoms. The van der Waals surface area contributed by atoms with Gasteiger partial charge in [-0.2, -0.15) is 0 Å². The summed E-state index contributed by atoms with van der Waals surface area (Å²) >= 11 is 1.66. The lowest BCUT2D eigenvalue weighted by Gasteiger charge is -2.31. The number of aromatic nitrogens is 1. The molecule has 2 fully saturated rings. The SMILES string of the molecule is COC1CCCN(c2nc(C3CC3)c(CO)s2)C1. The number of anilines is 1. The molecule has 1 saturated carbocycles. The molecule has 100 valence electrons. The Morgan fingerprint density at radius 2 is 2.28 bits per heavy atom. The zero-order valence-corrected chi connectivity index (χ0v) is 11.6. The Morgan fingerprint density at radius 1 is 1.44 bits per heavy atom. The van der Waals surface area contributed by atoms with E-state index in [0.717, 1.165) is 41.6 Å². The van der Waals surface area contributed by atoms with E-state index in [-0.39, 0.29) is 6.61 Å². The van der Waals surface area contributed by atoms with Gasteiger partial charge in [0.2, 0.25) is 0 Å². The van der Waals surface area contributed by atoms with Crippen LogP contribution in [0.3, 0.4) is 0 Å². The molecule has 1 aliphatic heterocycles. The number of hydrogen-bond acceptors (Lipinski definition) is 5. The van der Waals surface area contributed by atoms with Gasteiger partial charge in [-0.25, -0.2) is 4.98 Å². The minimum Gasteiger partial charge on any atom is -0.391 e. The van der Waals surface area contributed by atoms with Gasteiger partial charge in [-0.3, -0.25) is 0 Å². The van der Waals surface area contributed by atoms with Crippen molar-refractivity contribution >= 4 is 16.5 Å². The molecule has 1 N–H and O–H groups in total. The van der Waals surface area contributed by atoms with Gasteiger partial charge in [-0.05, 0) is 25.7 Å². The summed E-state index contributed by atoms with van der Waals surface area (Å²) in [4.78, 5) is 8.14. The van der Waals surface area contributed by atoms with Crippen molar-refractivity contribution in [2.45, 2.75) is 44.3 Å². The number of piperidine rings is 1. The summed E-state index contributed by atoms with van der Waals surface area (Å²) in [6.07, 6.45) is 5.09. The summed E-state index contributed by atoms with van der Waals surface area (Å²) in [6.45, 7) is 2.12. The summed E-state index contributed by atoms with van der Waals surface area (Å²) in [5, 5.41) is 10.5. The zero-order valence-electron chi connectivity index (χ0n) is 10.8. The average Bonchev–Trinajstić information content (AvgIpc) is 3.18. The Bertz CT molecular complexity index is 417. The van der Waals surface area contributed by atoms with Crippen molar-refractivity contribution in [3.63, 3.8) is 0 Å². The van der Waals surface area contributed by atoms with Crippen molar-refractivity contribution < 1.29 is 9.84 Å². The lowest BCUT2D eigenvalue weighted by atomic mass is 10.1. The first kappa shape index (κ1) is 12.4. The molecule has 4 nitrogen and oxygen atoms in total. The Hall–Kier alpha value is -0.650. The first-order valence-corrected chi connectivity index (χ1v) is 7.51. The van der Waals surface area contributed by atoms with Crippen LogP contribution in [0.25, 0.3) is 0 Å². The Kier molecular flexibility index (Phi) is 3.54. The molecule has 0 amide bonds. The van der Waals surface area contributed by atoms with Gasteiger partial charge >= 0.3 is 0 Å². The molecule has 1 aliphatic carbocycles. The molecule has 0 spiro atoms. The molecule has 1 aromatic rings. The molecule has 1 unspecified atom stereocenters. The summed E-state index contributed by atoms with van der Waals surface area (Å²) in [6, 6.07) is 0. The van der Waals surface area contributed by atoms with E-state index < -0.39 is 0 Å². The van der Waals surface area contributed by atoms with Crippen LogP contribution in [-0.2, 0) is 11.3 Å². The molecule has 0 bridgehead atoms. The Balaban J connectivity index is 1.78. The highest BCUT2D eigenvalue weighted by Gasteiger charge is 2.31. The number of hydrogen-bond donors (Lipinski definition) is 1. The summed E-state index contributed by atoms with van der Waals surface area (Å²) in [5.41, 5.74) is 1.15. The molecule has 3 rings (SSSR count). The maximum Gasteiger partial charge on any atom is 0.185 e. The summed E-state index contributed by atoms with van der Waals surface area (Å²) < 4.78 is 5.45. The Morgan fingerprint density at radius 3 is 2.94 bits per heavy atom. The topological polar surface area (TPSA) is 45.6 Å². The van der Waals surface area contributed by atoms with Gasteiger partial charge in [-0.1, -0.05) is 11.3 Å². The highest BCUT2D eigenvalue weighted by molar-refractivity contribution is 7.15. The summed E-state index contributed by atoms with van der Waals surface area (Å²) in [5.74, 6) is 0.611. The minimum atomic E-state index is 0.130. The van der Waals surface area contributed by atoms with Crippen molar-refractivity contribution in [3.8, 4) is 0 Å². The first-order chi connectivity index (χ1) is 8.81.